The number of rotatable bonds is 3. The molecule has 0 bridgehead atoms. The lowest BCUT2D eigenvalue weighted by atomic mass is 9.93. The van der Waals surface area contributed by atoms with E-state index in [-0.39, 0.29) is 0 Å². The first kappa shape index (κ1) is 14.2. The molecular formula is C16H20N6O. The first-order valence-electron chi connectivity index (χ1n) is 7.88. The second-order valence-corrected chi connectivity index (χ2v) is 6.31. The van der Waals surface area contributed by atoms with Gasteiger partial charge in [0.2, 0.25) is 5.95 Å². The van der Waals surface area contributed by atoms with E-state index < -0.39 is 5.60 Å². The number of fused-ring (bicyclic) bond motifs is 1. The molecule has 7 nitrogen and oxygen atoms in total. The Bertz CT molecular complexity index is 811. The van der Waals surface area contributed by atoms with Crippen molar-refractivity contribution >= 4 is 17.0 Å². The van der Waals surface area contributed by atoms with Crippen LogP contribution in [0.3, 0.4) is 0 Å². The highest BCUT2D eigenvalue weighted by Crippen LogP contribution is 2.28. The molecule has 120 valence electrons. The van der Waals surface area contributed by atoms with Crippen LogP contribution in [-0.4, -0.2) is 48.3 Å². The topological polar surface area (TPSA) is 72.0 Å². The Balaban J connectivity index is 1.62. The second kappa shape index (κ2) is 5.34. The number of hydrogen-bond acceptors (Lipinski definition) is 5. The lowest BCUT2D eigenvalue weighted by Gasteiger charge is -2.39. The molecule has 1 unspecified atom stereocenters. The number of benzene rings is 1. The fourth-order valence-corrected chi connectivity index (χ4v) is 3.45. The zero-order valence-electron chi connectivity index (χ0n) is 13.1. The Labute approximate surface area is 134 Å². The maximum absolute atomic E-state index is 11.0. The number of imidazole rings is 1. The number of aryl methyl sites for hydroxylation is 1. The van der Waals surface area contributed by atoms with E-state index in [1.54, 1.807) is 17.1 Å². The fourth-order valence-electron chi connectivity index (χ4n) is 3.45. The van der Waals surface area contributed by atoms with Crippen LogP contribution in [0, 0.1) is 0 Å². The summed E-state index contributed by atoms with van der Waals surface area (Å²) >= 11 is 0. The summed E-state index contributed by atoms with van der Waals surface area (Å²) in [6.45, 7) is 1.90. The monoisotopic (exact) mass is 312 g/mol. The van der Waals surface area contributed by atoms with Crippen LogP contribution in [0.4, 0.5) is 5.95 Å². The molecule has 0 aliphatic carbocycles. The zero-order chi connectivity index (χ0) is 15.9. The minimum atomic E-state index is -0.815. The number of nitrogens with zero attached hydrogens (tertiary/aromatic N) is 6. The molecule has 0 saturated carbocycles. The average molecular weight is 312 g/mol. The highest BCUT2D eigenvalue weighted by Gasteiger charge is 2.35. The van der Waals surface area contributed by atoms with Crippen molar-refractivity contribution in [3.63, 3.8) is 0 Å². The number of β-amino-alcohol motifs (C(OH)–C–C–N with tert-alkyl or cyclic N) is 1. The second-order valence-electron chi connectivity index (χ2n) is 6.31. The van der Waals surface area contributed by atoms with Crippen molar-refractivity contribution in [3.8, 4) is 0 Å². The van der Waals surface area contributed by atoms with Gasteiger partial charge in [-0.3, -0.25) is 0 Å². The molecule has 3 aromatic rings. The van der Waals surface area contributed by atoms with Crippen molar-refractivity contribution in [1.29, 1.82) is 0 Å². The summed E-state index contributed by atoms with van der Waals surface area (Å²) in [5.74, 6) is 0.905. The molecule has 1 aliphatic heterocycles. The van der Waals surface area contributed by atoms with Gasteiger partial charge in [0.15, 0.2) is 0 Å². The van der Waals surface area contributed by atoms with Gasteiger partial charge in [-0.1, -0.05) is 17.3 Å². The molecule has 1 aliphatic rings. The number of para-hydroxylation sites is 2. The maximum atomic E-state index is 11.0. The third kappa shape index (κ3) is 2.57. The molecule has 0 amide bonds. The van der Waals surface area contributed by atoms with Gasteiger partial charge in [0.05, 0.1) is 30.3 Å². The minimum Gasteiger partial charge on any atom is -0.386 e. The van der Waals surface area contributed by atoms with Crippen LogP contribution < -0.4 is 4.90 Å². The van der Waals surface area contributed by atoms with Crippen molar-refractivity contribution < 1.29 is 5.11 Å². The van der Waals surface area contributed by atoms with E-state index in [0.29, 0.717) is 13.1 Å². The number of aliphatic hydroxyl groups is 1. The molecule has 1 N–H and O–H groups in total. The van der Waals surface area contributed by atoms with E-state index >= 15 is 0 Å². The van der Waals surface area contributed by atoms with Gasteiger partial charge < -0.3 is 14.6 Å². The van der Waals surface area contributed by atoms with Gasteiger partial charge in [-0.15, -0.1) is 5.10 Å². The van der Waals surface area contributed by atoms with Gasteiger partial charge in [-0.2, -0.15) is 0 Å². The first-order chi connectivity index (χ1) is 11.1. The van der Waals surface area contributed by atoms with Crippen molar-refractivity contribution in [2.24, 2.45) is 7.05 Å². The van der Waals surface area contributed by atoms with Crippen molar-refractivity contribution in [3.05, 3.63) is 36.7 Å². The zero-order valence-corrected chi connectivity index (χ0v) is 13.1. The summed E-state index contributed by atoms with van der Waals surface area (Å²) in [4.78, 5) is 6.91. The summed E-state index contributed by atoms with van der Waals surface area (Å²) < 4.78 is 3.79. The van der Waals surface area contributed by atoms with E-state index in [4.69, 9.17) is 4.98 Å². The van der Waals surface area contributed by atoms with Gasteiger partial charge in [0.25, 0.3) is 0 Å². The van der Waals surface area contributed by atoms with Gasteiger partial charge >= 0.3 is 0 Å². The van der Waals surface area contributed by atoms with Crippen LogP contribution in [0.5, 0.6) is 0 Å². The Hall–Kier alpha value is -2.41. The molecule has 1 fully saturated rings. The smallest absolute Gasteiger partial charge is 0.206 e. The fraction of sp³-hybridized carbons (Fsp3) is 0.438. The molecule has 3 heterocycles. The molecular weight excluding hydrogens is 292 g/mol. The summed E-state index contributed by atoms with van der Waals surface area (Å²) in [7, 11) is 2.02. The van der Waals surface area contributed by atoms with Crippen LogP contribution in [0.15, 0.2) is 36.7 Å². The van der Waals surface area contributed by atoms with Gasteiger partial charge in [0, 0.05) is 19.8 Å². The number of anilines is 1. The highest BCUT2D eigenvalue weighted by molar-refractivity contribution is 5.78. The molecule has 1 saturated heterocycles. The summed E-state index contributed by atoms with van der Waals surface area (Å²) in [6, 6.07) is 8.10. The first-order valence-corrected chi connectivity index (χ1v) is 7.88. The summed E-state index contributed by atoms with van der Waals surface area (Å²) in [6.07, 6.45) is 5.10. The van der Waals surface area contributed by atoms with E-state index in [2.05, 4.69) is 25.8 Å². The van der Waals surface area contributed by atoms with Crippen LogP contribution >= 0.6 is 0 Å². The lowest BCUT2D eigenvalue weighted by Crippen LogP contribution is -2.51. The highest BCUT2D eigenvalue weighted by atomic mass is 16.3. The Morgan fingerprint density at radius 3 is 2.96 bits per heavy atom. The largest absolute Gasteiger partial charge is 0.386 e. The quantitative estimate of drug-likeness (QED) is 0.787. The molecule has 23 heavy (non-hydrogen) atoms. The Morgan fingerprint density at radius 2 is 2.17 bits per heavy atom. The Morgan fingerprint density at radius 1 is 1.30 bits per heavy atom. The predicted molar refractivity (Wildman–Crippen MR) is 87.1 cm³/mol. The molecule has 1 atom stereocenters. The van der Waals surface area contributed by atoms with Gasteiger partial charge in [-0.05, 0) is 25.0 Å². The van der Waals surface area contributed by atoms with Crippen molar-refractivity contribution in [2.45, 2.75) is 25.0 Å². The van der Waals surface area contributed by atoms with Crippen LogP contribution in [0.1, 0.15) is 12.8 Å². The number of piperidine rings is 1. The number of aromatic nitrogens is 5. The molecule has 4 rings (SSSR count). The molecule has 0 radical (unpaired) electrons. The van der Waals surface area contributed by atoms with Crippen molar-refractivity contribution in [1.82, 2.24) is 24.5 Å². The van der Waals surface area contributed by atoms with Gasteiger partial charge in [-0.25, -0.2) is 9.67 Å². The standard InChI is InChI=1S/C16H20N6O/c1-20-14-6-3-2-5-13(14)18-15(20)21-9-4-7-16(23,11-21)12-22-10-8-17-19-22/h2-3,5-6,8,10,23H,4,7,9,11-12H2,1H3. The third-order valence-corrected chi connectivity index (χ3v) is 4.53. The van der Waals surface area contributed by atoms with Crippen molar-refractivity contribution in [2.75, 3.05) is 18.0 Å². The predicted octanol–water partition coefficient (Wildman–Crippen LogP) is 1.20. The van der Waals surface area contributed by atoms with Crippen LogP contribution in [-0.2, 0) is 13.6 Å². The SMILES string of the molecule is Cn1c(N2CCCC(O)(Cn3ccnn3)C2)nc2ccccc21. The van der Waals surface area contributed by atoms with E-state index in [1.165, 1.54) is 0 Å². The molecule has 0 spiro atoms. The van der Waals surface area contributed by atoms with Crippen LogP contribution in [0.2, 0.25) is 0 Å². The van der Waals surface area contributed by atoms with Gasteiger partial charge in [0.1, 0.15) is 5.60 Å². The summed E-state index contributed by atoms with van der Waals surface area (Å²) in [5.41, 5.74) is 1.27. The molecule has 7 heteroatoms. The third-order valence-electron chi connectivity index (χ3n) is 4.53. The normalized spacial score (nSPS) is 21.9. The Kier molecular flexibility index (Phi) is 3.30. The summed E-state index contributed by atoms with van der Waals surface area (Å²) in [5, 5.41) is 18.8. The molecule has 1 aromatic carbocycles. The average Bonchev–Trinajstić information content (AvgIpc) is 3.15. The van der Waals surface area contributed by atoms with E-state index in [0.717, 1.165) is 36.4 Å². The molecule has 2 aromatic heterocycles. The van der Waals surface area contributed by atoms with E-state index in [9.17, 15) is 5.11 Å². The van der Waals surface area contributed by atoms with Crippen LogP contribution in [0.25, 0.3) is 11.0 Å². The van der Waals surface area contributed by atoms with E-state index in [1.807, 2.05) is 25.2 Å². The lowest BCUT2D eigenvalue weighted by molar-refractivity contribution is 0.00557. The maximum Gasteiger partial charge on any atom is 0.206 e. The number of hydrogen-bond donors (Lipinski definition) is 1. The minimum absolute atomic E-state index is 0.452.